The Labute approximate surface area is 122 Å². The molecule has 0 aromatic heterocycles. The van der Waals surface area contributed by atoms with Gasteiger partial charge in [0.05, 0.1) is 22.7 Å². The Balaban J connectivity index is 1.85. The van der Waals surface area contributed by atoms with Gasteiger partial charge in [0.15, 0.2) is 0 Å². The van der Waals surface area contributed by atoms with Crippen molar-refractivity contribution in [2.45, 2.75) is 18.6 Å². The smallest absolute Gasteiger partial charge is 0.253 e. The van der Waals surface area contributed by atoms with Gasteiger partial charge in [-0.25, -0.2) is 0 Å². The van der Waals surface area contributed by atoms with Crippen molar-refractivity contribution < 1.29 is 9.90 Å². The monoisotopic (exact) mass is 287 g/mol. The van der Waals surface area contributed by atoms with Gasteiger partial charge in [0.2, 0.25) is 0 Å². The third kappa shape index (κ3) is 2.30. The number of hydrogen-bond donors (Lipinski definition) is 2. The zero-order valence-corrected chi connectivity index (χ0v) is 11.5. The molecule has 0 saturated heterocycles. The molecule has 0 radical (unpaired) electrons. The summed E-state index contributed by atoms with van der Waals surface area (Å²) >= 11 is 6.02. The molecule has 0 bridgehead atoms. The molecular formula is C16H14ClNO2. The van der Waals surface area contributed by atoms with E-state index in [1.165, 1.54) is 0 Å². The molecule has 0 heterocycles. The van der Waals surface area contributed by atoms with Crippen LogP contribution in [0.1, 0.15) is 27.5 Å². The number of fused-ring (bicyclic) bond motifs is 1. The van der Waals surface area contributed by atoms with Gasteiger partial charge in [-0.1, -0.05) is 48.0 Å². The molecule has 2 atom stereocenters. The van der Waals surface area contributed by atoms with Crippen molar-refractivity contribution in [3.8, 4) is 0 Å². The molecule has 0 unspecified atom stereocenters. The maximum Gasteiger partial charge on any atom is 0.253 e. The van der Waals surface area contributed by atoms with Crippen LogP contribution in [-0.2, 0) is 6.42 Å². The minimum absolute atomic E-state index is 0.267. The van der Waals surface area contributed by atoms with Crippen LogP contribution in [0.2, 0.25) is 5.02 Å². The van der Waals surface area contributed by atoms with E-state index in [1.807, 2.05) is 24.3 Å². The summed E-state index contributed by atoms with van der Waals surface area (Å²) < 4.78 is 0. The third-order valence-corrected chi connectivity index (χ3v) is 3.94. The third-order valence-electron chi connectivity index (χ3n) is 3.61. The van der Waals surface area contributed by atoms with Crippen molar-refractivity contribution >= 4 is 17.5 Å². The van der Waals surface area contributed by atoms with Gasteiger partial charge in [0, 0.05) is 6.42 Å². The molecule has 1 aliphatic rings. The van der Waals surface area contributed by atoms with Crippen LogP contribution < -0.4 is 5.32 Å². The van der Waals surface area contributed by atoms with Crippen molar-refractivity contribution in [3.63, 3.8) is 0 Å². The zero-order chi connectivity index (χ0) is 14.1. The fraction of sp³-hybridized carbons (Fsp3) is 0.188. The summed E-state index contributed by atoms with van der Waals surface area (Å²) in [5.41, 5.74) is 2.47. The van der Waals surface area contributed by atoms with E-state index in [9.17, 15) is 9.90 Å². The van der Waals surface area contributed by atoms with E-state index in [1.54, 1.807) is 24.3 Å². The van der Waals surface area contributed by atoms with Crippen LogP contribution in [0.25, 0.3) is 0 Å². The average Bonchev–Trinajstić information content (AvgIpc) is 2.76. The van der Waals surface area contributed by atoms with E-state index in [0.717, 1.165) is 11.1 Å². The van der Waals surface area contributed by atoms with E-state index in [2.05, 4.69) is 5.32 Å². The topological polar surface area (TPSA) is 49.3 Å². The molecule has 102 valence electrons. The van der Waals surface area contributed by atoms with Crippen molar-refractivity contribution in [2.75, 3.05) is 0 Å². The number of amides is 1. The SMILES string of the molecule is O=C(N[C@H]1c2ccccc2C[C@@H]1O)c1ccccc1Cl. The molecule has 4 heteroatoms. The van der Waals surface area contributed by atoms with Crippen LogP contribution in [0.15, 0.2) is 48.5 Å². The maximum atomic E-state index is 12.3. The molecule has 2 aromatic rings. The molecule has 20 heavy (non-hydrogen) atoms. The lowest BCUT2D eigenvalue weighted by atomic mass is 10.1. The molecule has 2 aromatic carbocycles. The number of carbonyl (C=O) groups is 1. The van der Waals surface area contributed by atoms with E-state index in [0.29, 0.717) is 17.0 Å². The zero-order valence-electron chi connectivity index (χ0n) is 10.7. The Hall–Kier alpha value is -1.84. The molecule has 0 saturated carbocycles. The number of halogens is 1. The number of aliphatic hydroxyl groups excluding tert-OH is 1. The molecule has 2 N–H and O–H groups in total. The van der Waals surface area contributed by atoms with Gasteiger partial charge < -0.3 is 10.4 Å². The maximum absolute atomic E-state index is 12.3. The van der Waals surface area contributed by atoms with Crippen molar-refractivity contribution in [1.29, 1.82) is 0 Å². The molecule has 3 rings (SSSR count). The lowest BCUT2D eigenvalue weighted by Crippen LogP contribution is -2.34. The molecule has 3 nitrogen and oxygen atoms in total. The van der Waals surface area contributed by atoms with Crippen LogP contribution >= 0.6 is 11.6 Å². The summed E-state index contributed by atoms with van der Waals surface area (Å²) in [7, 11) is 0. The van der Waals surface area contributed by atoms with Crippen LogP contribution in [0, 0.1) is 0 Å². The van der Waals surface area contributed by atoms with Gasteiger partial charge in [-0.05, 0) is 23.3 Å². The summed E-state index contributed by atoms with van der Waals surface area (Å²) in [5.74, 6) is -0.267. The van der Waals surface area contributed by atoms with Crippen LogP contribution in [0.3, 0.4) is 0 Å². The van der Waals surface area contributed by atoms with E-state index >= 15 is 0 Å². The highest BCUT2D eigenvalue weighted by Crippen LogP contribution is 2.31. The van der Waals surface area contributed by atoms with Gasteiger partial charge in [-0.15, -0.1) is 0 Å². The van der Waals surface area contributed by atoms with Gasteiger partial charge in [-0.3, -0.25) is 4.79 Å². The number of nitrogens with one attached hydrogen (secondary N) is 1. The predicted molar refractivity (Wildman–Crippen MR) is 77.8 cm³/mol. The fourth-order valence-electron chi connectivity index (χ4n) is 2.61. The standard InChI is InChI=1S/C16H14ClNO2/c17-13-8-4-3-7-12(13)16(20)18-15-11-6-2-1-5-10(11)9-14(15)19/h1-8,14-15,19H,9H2,(H,18,20)/t14-,15-/m0/s1. The van der Waals surface area contributed by atoms with Gasteiger partial charge in [0.25, 0.3) is 5.91 Å². The lowest BCUT2D eigenvalue weighted by Gasteiger charge is -2.18. The van der Waals surface area contributed by atoms with E-state index in [4.69, 9.17) is 11.6 Å². The summed E-state index contributed by atoms with van der Waals surface area (Å²) in [6.07, 6.45) is -0.0391. The van der Waals surface area contributed by atoms with Crippen molar-refractivity contribution in [3.05, 3.63) is 70.2 Å². The molecule has 1 aliphatic carbocycles. The lowest BCUT2D eigenvalue weighted by molar-refractivity contribution is 0.0858. The van der Waals surface area contributed by atoms with Crippen molar-refractivity contribution in [1.82, 2.24) is 5.32 Å². The normalized spacial score (nSPS) is 20.5. The highest BCUT2D eigenvalue weighted by molar-refractivity contribution is 6.33. The number of aliphatic hydroxyl groups is 1. The number of rotatable bonds is 2. The summed E-state index contributed by atoms with van der Waals surface area (Å²) in [5, 5.41) is 13.4. The van der Waals surface area contributed by atoms with Crippen LogP contribution in [-0.4, -0.2) is 17.1 Å². The second-order valence-corrected chi connectivity index (χ2v) is 5.31. The van der Waals surface area contributed by atoms with Crippen LogP contribution in [0.4, 0.5) is 0 Å². The highest BCUT2D eigenvalue weighted by atomic mass is 35.5. The molecule has 0 fully saturated rings. The highest BCUT2D eigenvalue weighted by Gasteiger charge is 2.32. The van der Waals surface area contributed by atoms with Gasteiger partial charge in [-0.2, -0.15) is 0 Å². The predicted octanol–water partition coefficient (Wildman–Crippen LogP) is 2.73. The average molecular weight is 288 g/mol. The Morgan fingerprint density at radius 3 is 2.65 bits per heavy atom. The number of hydrogen-bond acceptors (Lipinski definition) is 2. The fourth-order valence-corrected chi connectivity index (χ4v) is 2.83. The number of benzene rings is 2. The Bertz CT molecular complexity index is 656. The Kier molecular flexibility index (Phi) is 3.47. The summed E-state index contributed by atoms with van der Waals surface area (Å²) in [6.45, 7) is 0. The first kappa shape index (κ1) is 13.2. The second-order valence-electron chi connectivity index (χ2n) is 4.90. The summed E-state index contributed by atoms with van der Waals surface area (Å²) in [6, 6.07) is 14.3. The quantitative estimate of drug-likeness (QED) is 0.892. The van der Waals surface area contributed by atoms with Gasteiger partial charge in [0.1, 0.15) is 0 Å². The van der Waals surface area contributed by atoms with Crippen LogP contribution in [0.5, 0.6) is 0 Å². The van der Waals surface area contributed by atoms with Crippen molar-refractivity contribution in [2.24, 2.45) is 0 Å². The second kappa shape index (κ2) is 5.27. The summed E-state index contributed by atoms with van der Waals surface area (Å²) in [4.78, 5) is 12.3. The number of carbonyl (C=O) groups excluding carboxylic acids is 1. The minimum atomic E-state index is -0.598. The van der Waals surface area contributed by atoms with E-state index < -0.39 is 6.10 Å². The first-order chi connectivity index (χ1) is 9.66. The first-order valence-electron chi connectivity index (χ1n) is 6.48. The minimum Gasteiger partial charge on any atom is -0.390 e. The van der Waals surface area contributed by atoms with E-state index in [-0.39, 0.29) is 11.9 Å². The molecule has 0 spiro atoms. The Morgan fingerprint density at radius 2 is 1.85 bits per heavy atom. The largest absolute Gasteiger partial charge is 0.390 e. The van der Waals surface area contributed by atoms with Gasteiger partial charge >= 0.3 is 0 Å². The molecule has 0 aliphatic heterocycles. The molecular weight excluding hydrogens is 274 g/mol. The first-order valence-corrected chi connectivity index (χ1v) is 6.86. The Morgan fingerprint density at radius 1 is 1.15 bits per heavy atom. The molecule has 1 amide bonds.